The SMILES string of the molecule is Oc1cc(-c2ccccc2Cl)ccc1N1CCC(Oc2ccc(C(F)(F)F)cn2)C1. The Bertz CT molecular complexity index is 1040. The van der Waals surface area contributed by atoms with Crippen molar-refractivity contribution in [2.75, 3.05) is 18.0 Å². The maximum Gasteiger partial charge on any atom is 0.417 e. The zero-order valence-corrected chi connectivity index (χ0v) is 16.5. The molecule has 0 bridgehead atoms. The molecule has 1 unspecified atom stereocenters. The number of anilines is 1. The quantitative estimate of drug-likeness (QED) is 0.565. The lowest BCUT2D eigenvalue weighted by Gasteiger charge is -2.20. The molecule has 8 heteroatoms. The van der Waals surface area contributed by atoms with Crippen LogP contribution in [0.1, 0.15) is 12.0 Å². The van der Waals surface area contributed by atoms with Gasteiger partial charge in [-0.15, -0.1) is 0 Å². The van der Waals surface area contributed by atoms with Crippen molar-refractivity contribution in [1.29, 1.82) is 0 Å². The average molecular weight is 435 g/mol. The number of alkyl halides is 3. The Morgan fingerprint density at radius 2 is 1.90 bits per heavy atom. The van der Waals surface area contributed by atoms with E-state index in [0.29, 0.717) is 30.2 Å². The lowest BCUT2D eigenvalue weighted by Crippen LogP contribution is -2.24. The molecule has 0 amide bonds. The van der Waals surface area contributed by atoms with E-state index >= 15 is 0 Å². The first-order valence-corrected chi connectivity index (χ1v) is 9.72. The Labute approximate surface area is 176 Å². The number of phenolic OH excluding ortho intramolecular Hbond substituents is 1. The molecule has 0 spiro atoms. The van der Waals surface area contributed by atoms with Crippen LogP contribution in [-0.2, 0) is 6.18 Å². The van der Waals surface area contributed by atoms with Crippen molar-refractivity contribution >= 4 is 17.3 Å². The van der Waals surface area contributed by atoms with Crippen LogP contribution in [0.25, 0.3) is 11.1 Å². The third-order valence-corrected chi connectivity index (χ3v) is 5.33. The van der Waals surface area contributed by atoms with Crippen LogP contribution in [0, 0.1) is 0 Å². The number of benzene rings is 2. The number of ether oxygens (including phenoxy) is 1. The second-order valence-electron chi connectivity index (χ2n) is 7.04. The van der Waals surface area contributed by atoms with Crippen LogP contribution in [0.2, 0.25) is 5.02 Å². The highest BCUT2D eigenvalue weighted by Gasteiger charge is 2.31. The minimum Gasteiger partial charge on any atom is -0.506 e. The molecule has 1 aliphatic heterocycles. The van der Waals surface area contributed by atoms with Gasteiger partial charge in [-0.05, 0) is 29.8 Å². The van der Waals surface area contributed by atoms with E-state index in [4.69, 9.17) is 16.3 Å². The zero-order chi connectivity index (χ0) is 21.3. The van der Waals surface area contributed by atoms with Crippen LogP contribution in [0.5, 0.6) is 11.6 Å². The maximum absolute atomic E-state index is 12.6. The molecule has 3 aromatic rings. The molecule has 4 nitrogen and oxygen atoms in total. The number of rotatable bonds is 4. The number of hydrogen-bond donors (Lipinski definition) is 1. The van der Waals surface area contributed by atoms with Gasteiger partial charge >= 0.3 is 6.18 Å². The Morgan fingerprint density at radius 1 is 1.10 bits per heavy atom. The topological polar surface area (TPSA) is 45.6 Å². The van der Waals surface area contributed by atoms with Gasteiger partial charge in [-0.3, -0.25) is 0 Å². The van der Waals surface area contributed by atoms with Crippen LogP contribution < -0.4 is 9.64 Å². The van der Waals surface area contributed by atoms with Gasteiger partial charge in [0.05, 0.1) is 17.8 Å². The van der Waals surface area contributed by atoms with Crippen molar-refractivity contribution in [2.24, 2.45) is 0 Å². The number of phenols is 1. The molecule has 30 heavy (non-hydrogen) atoms. The summed E-state index contributed by atoms with van der Waals surface area (Å²) in [4.78, 5) is 5.73. The van der Waals surface area contributed by atoms with E-state index in [-0.39, 0.29) is 17.7 Å². The van der Waals surface area contributed by atoms with Crippen molar-refractivity contribution in [1.82, 2.24) is 4.98 Å². The average Bonchev–Trinajstić information content (AvgIpc) is 3.16. The molecule has 1 saturated heterocycles. The van der Waals surface area contributed by atoms with Gasteiger partial charge in [-0.1, -0.05) is 35.9 Å². The number of nitrogens with zero attached hydrogens (tertiary/aromatic N) is 2. The van der Waals surface area contributed by atoms with Crippen LogP contribution in [0.4, 0.5) is 18.9 Å². The van der Waals surface area contributed by atoms with Crippen molar-refractivity contribution < 1.29 is 23.0 Å². The lowest BCUT2D eigenvalue weighted by atomic mass is 10.0. The highest BCUT2D eigenvalue weighted by atomic mass is 35.5. The van der Waals surface area contributed by atoms with Crippen LogP contribution in [-0.4, -0.2) is 29.3 Å². The van der Waals surface area contributed by atoms with E-state index in [0.717, 1.165) is 23.4 Å². The first-order valence-electron chi connectivity index (χ1n) is 9.34. The number of aromatic nitrogens is 1. The van der Waals surface area contributed by atoms with Gasteiger partial charge in [-0.25, -0.2) is 4.98 Å². The summed E-state index contributed by atoms with van der Waals surface area (Å²) in [5, 5.41) is 11.1. The van der Waals surface area contributed by atoms with Gasteiger partial charge < -0.3 is 14.7 Å². The zero-order valence-electron chi connectivity index (χ0n) is 15.7. The molecule has 1 fully saturated rings. The summed E-state index contributed by atoms with van der Waals surface area (Å²) in [6.07, 6.45) is -3.24. The van der Waals surface area contributed by atoms with Crippen LogP contribution >= 0.6 is 11.6 Å². The molecule has 4 rings (SSSR count). The normalized spacial score (nSPS) is 16.7. The molecule has 0 saturated carbocycles. The van der Waals surface area contributed by atoms with E-state index in [9.17, 15) is 18.3 Å². The van der Waals surface area contributed by atoms with Gasteiger partial charge in [0, 0.05) is 35.8 Å². The largest absolute Gasteiger partial charge is 0.506 e. The molecular weight excluding hydrogens is 417 g/mol. The fraction of sp³-hybridized carbons (Fsp3) is 0.227. The molecule has 1 N–H and O–H groups in total. The van der Waals surface area contributed by atoms with Gasteiger partial charge in [0.15, 0.2) is 0 Å². The number of hydrogen-bond acceptors (Lipinski definition) is 4. The minimum atomic E-state index is -4.43. The minimum absolute atomic E-state index is 0.126. The summed E-state index contributed by atoms with van der Waals surface area (Å²) in [5.41, 5.74) is 1.49. The summed E-state index contributed by atoms with van der Waals surface area (Å²) >= 11 is 6.23. The van der Waals surface area contributed by atoms with Gasteiger partial charge in [-0.2, -0.15) is 13.2 Å². The Hall–Kier alpha value is -2.93. The Kier molecular flexibility index (Phi) is 5.47. The van der Waals surface area contributed by atoms with Crippen LogP contribution in [0.15, 0.2) is 60.8 Å². The predicted octanol–water partition coefficient (Wildman–Crippen LogP) is 5.78. The summed E-state index contributed by atoms with van der Waals surface area (Å²) in [7, 11) is 0. The molecule has 1 aliphatic rings. The van der Waals surface area contributed by atoms with E-state index in [1.165, 1.54) is 6.07 Å². The molecule has 156 valence electrons. The fourth-order valence-electron chi connectivity index (χ4n) is 3.49. The summed E-state index contributed by atoms with van der Waals surface area (Å²) in [5.74, 6) is 0.272. The molecule has 0 radical (unpaired) electrons. The van der Waals surface area contributed by atoms with Crippen molar-refractivity contribution in [2.45, 2.75) is 18.7 Å². The highest BCUT2D eigenvalue weighted by molar-refractivity contribution is 6.33. The Balaban J connectivity index is 1.44. The summed E-state index contributed by atoms with van der Waals surface area (Å²) in [6.45, 7) is 1.13. The second kappa shape index (κ2) is 8.07. The van der Waals surface area contributed by atoms with Crippen molar-refractivity contribution in [3.05, 3.63) is 71.4 Å². The van der Waals surface area contributed by atoms with E-state index in [1.54, 1.807) is 12.1 Å². The first kappa shape index (κ1) is 20.3. The van der Waals surface area contributed by atoms with E-state index in [1.807, 2.05) is 35.2 Å². The molecule has 2 heterocycles. The molecular formula is C22H18ClF3N2O2. The number of pyridine rings is 1. The number of halogens is 4. The molecule has 1 atom stereocenters. The third-order valence-electron chi connectivity index (χ3n) is 5.00. The third kappa shape index (κ3) is 4.31. The molecule has 1 aromatic heterocycles. The summed E-state index contributed by atoms with van der Waals surface area (Å²) in [6, 6.07) is 15.0. The van der Waals surface area contributed by atoms with Gasteiger partial charge in [0.2, 0.25) is 5.88 Å². The van der Waals surface area contributed by atoms with E-state index < -0.39 is 11.7 Å². The monoisotopic (exact) mass is 434 g/mol. The summed E-state index contributed by atoms with van der Waals surface area (Å²) < 4.78 is 43.6. The molecule has 0 aliphatic carbocycles. The first-order chi connectivity index (χ1) is 14.3. The predicted molar refractivity (Wildman–Crippen MR) is 109 cm³/mol. The maximum atomic E-state index is 12.6. The lowest BCUT2D eigenvalue weighted by molar-refractivity contribution is -0.137. The highest BCUT2D eigenvalue weighted by Crippen LogP contribution is 2.37. The number of aromatic hydroxyl groups is 1. The van der Waals surface area contributed by atoms with Crippen molar-refractivity contribution in [3.63, 3.8) is 0 Å². The van der Waals surface area contributed by atoms with Gasteiger partial charge in [0.1, 0.15) is 11.9 Å². The smallest absolute Gasteiger partial charge is 0.417 e. The standard InChI is InChI=1S/C22H18ClF3N2O2/c23-18-4-2-1-3-17(18)14-5-7-19(20(29)11-14)28-10-9-16(13-28)30-21-8-6-15(12-27-21)22(24,25)26/h1-8,11-12,16,29H,9-10,13H2. The van der Waals surface area contributed by atoms with Crippen molar-refractivity contribution in [3.8, 4) is 22.8 Å². The van der Waals surface area contributed by atoms with Gasteiger partial charge in [0.25, 0.3) is 0 Å². The molecule has 2 aromatic carbocycles. The fourth-order valence-corrected chi connectivity index (χ4v) is 3.73. The van der Waals surface area contributed by atoms with E-state index in [2.05, 4.69) is 4.98 Å². The van der Waals surface area contributed by atoms with Crippen LogP contribution in [0.3, 0.4) is 0 Å². The Morgan fingerprint density at radius 3 is 2.57 bits per heavy atom. The second-order valence-corrected chi connectivity index (χ2v) is 7.45.